The molecule has 1 saturated carbocycles. The van der Waals surface area contributed by atoms with E-state index in [4.69, 9.17) is 0 Å². The van der Waals surface area contributed by atoms with Crippen molar-refractivity contribution in [3.63, 3.8) is 0 Å². The Morgan fingerprint density at radius 1 is 1.47 bits per heavy atom. The lowest BCUT2D eigenvalue weighted by Gasteiger charge is -2.04. The molecule has 1 aliphatic rings. The Hall–Kier alpha value is -2.11. The second-order valence-corrected chi connectivity index (χ2v) is 4.80. The summed E-state index contributed by atoms with van der Waals surface area (Å²) in [5.41, 5.74) is 1.16. The monoisotopic (exact) mass is 260 g/mol. The molecule has 0 bridgehead atoms. The number of aryl methyl sites for hydroxylation is 1. The topological polar surface area (TPSA) is 68.9 Å². The number of rotatable bonds is 4. The van der Waals surface area contributed by atoms with Gasteiger partial charge in [-0.25, -0.2) is 9.78 Å². The number of carbonyl (C=O) groups excluding carboxylic acids is 1. The first kappa shape index (κ1) is 12.0. The number of amides is 1. The molecule has 0 aromatic carbocycles. The fourth-order valence-electron chi connectivity index (χ4n) is 2.23. The Morgan fingerprint density at radius 2 is 2.26 bits per heavy atom. The molecule has 2 aromatic heterocycles. The van der Waals surface area contributed by atoms with Gasteiger partial charge in [-0.3, -0.25) is 13.9 Å². The molecule has 3 rings (SSSR count). The van der Waals surface area contributed by atoms with E-state index in [9.17, 15) is 9.59 Å². The quantitative estimate of drug-likeness (QED) is 0.870. The predicted octanol–water partition coefficient (Wildman–Crippen LogP) is 0.496. The van der Waals surface area contributed by atoms with Crippen LogP contribution in [0.2, 0.25) is 0 Å². The van der Waals surface area contributed by atoms with Gasteiger partial charge in [-0.2, -0.15) is 0 Å². The maximum Gasteiger partial charge on any atom is 0.330 e. The maximum atomic E-state index is 12.3. The van der Waals surface area contributed by atoms with E-state index in [1.165, 1.54) is 4.57 Å². The molecule has 0 aliphatic heterocycles. The molecule has 0 unspecified atom stereocenters. The molecule has 1 N–H and O–H groups in total. The third-order valence-corrected chi connectivity index (χ3v) is 3.33. The van der Waals surface area contributed by atoms with Gasteiger partial charge in [-0.1, -0.05) is 0 Å². The zero-order valence-electron chi connectivity index (χ0n) is 10.8. The molecule has 6 nitrogen and oxygen atoms in total. The van der Waals surface area contributed by atoms with Crippen molar-refractivity contribution in [1.82, 2.24) is 19.4 Å². The van der Waals surface area contributed by atoms with Crippen LogP contribution >= 0.6 is 0 Å². The molecular weight excluding hydrogens is 244 g/mol. The lowest BCUT2D eigenvalue weighted by atomic mass is 10.4. The maximum absolute atomic E-state index is 12.3. The molecule has 1 fully saturated rings. The molecule has 6 heteroatoms. The van der Waals surface area contributed by atoms with Gasteiger partial charge in [0.05, 0.1) is 5.52 Å². The number of pyridine rings is 1. The van der Waals surface area contributed by atoms with Gasteiger partial charge < -0.3 is 5.32 Å². The van der Waals surface area contributed by atoms with Crippen LogP contribution in [0.3, 0.4) is 0 Å². The first-order valence-electron chi connectivity index (χ1n) is 6.54. The number of aromatic nitrogens is 3. The van der Waals surface area contributed by atoms with Crippen molar-refractivity contribution in [2.45, 2.75) is 38.9 Å². The van der Waals surface area contributed by atoms with Crippen molar-refractivity contribution in [2.24, 2.45) is 0 Å². The van der Waals surface area contributed by atoms with E-state index in [2.05, 4.69) is 10.3 Å². The molecule has 19 heavy (non-hydrogen) atoms. The van der Waals surface area contributed by atoms with E-state index in [1.807, 2.05) is 13.0 Å². The zero-order chi connectivity index (χ0) is 13.4. The average molecular weight is 260 g/mol. The third kappa shape index (κ3) is 2.14. The Morgan fingerprint density at radius 3 is 2.95 bits per heavy atom. The second kappa shape index (κ2) is 4.53. The Balaban J connectivity index is 1.99. The van der Waals surface area contributed by atoms with Crippen LogP contribution in [0.4, 0.5) is 0 Å². The lowest BCUT2D eigenvalue weighted by molar-refractivity contribution is -0.121. The number of nitrogens with zero attached hydrogens (tertiary/aromatic N) is 3. The van der Waals surface area contributed by atoms with E-state index in [1.54, 1.807) is 16.8 Å². The van der Waals surface area contributed by atoms with Gasteiger partial charge in [-0.05, 0) is 31.9 Å². The number of imidazole rings is 1. The van der Waals surface area contributed by atoms with E-state index >= 15 is 0 Å². The summed E-state index contributed by atoms with van der Waals surface area (Å²) in [5.74, 6) is -0.108. The smallest absolute Gasteiger partial charge is 0.330 e. The van der Waals surface area contributed by atoms with Crippen molar-refractivity contribution in [3.8, 4) is 0 Å². The van der Waals surface area contributed by atoms with Gasteiger partial charge in [0.15, 0.2) is 5.65 Å². The molecule has 0 spiro atoms. The van der Waals surface area contributed by atoms with Crippen LogP contribution in [-0.2, 0) is 17.9 Å². The highest BCUT2D eigenvalue weighted by atomic mass is 16.2. The summed E-state index contributed by atoms with van der Waals surface area (Å²) in [6, 6.07) is 3.90. The molecule has 2 heterocycles. The SMILES string of the molecule is CCn1c(=O)n(CC(=O)NC2CC2)c2cccnc21. The molecule has 0 atom stereocenters. The average Bonchev–Trinajstić information content (AvgIpc) is 3.17. The Bertz CT molecular complexity index is 681. The largest absolute Gasteiger partial charge is 0.352 e. The summed E-state index contributed by atoms with van der Waals surface area (Å²) in [4.78, 5) is 28.3. The fraction of sp³-hybridized carbons (Fsp3) is 0.462. The van der Waals surface area contributed by atoms with E-state index in [-0.39, 0.29) is 18.1 Å². The highest BCUT2D eigenvalue weighted by molar-refractivity contribution is 5.79. The Labute approximate surface area is 110 Å². The molecule has 100 valence electrons. The van der Waals surface area contributed by atoms with Crippen LogP contribution < -0.4 is 11.0 Å². The number of hydrogen-bond acceptors (Lipinski definition) is 3. The third-order valence-electron chi connectivity index (χ3n) is 3.33. The number of nitrogens with one attached hydrogen (secondary N) is 1. The van der Waals surface area contributed by atoms with Crippen LogP contribution in [-0.4, -0.2) is 26.1 Å². The summed E-state index contributed by atoms with van der Waals surface area (Å²) in [7, 11) is 0. The van der Waals surface area contributed by atoms with Gasteiger partial charge in [0.25, 0.3) is 0 Å². The molecular formula is C13H16N4O2. The van der Waals surface area contributed by atoms with Crippen LogP contribution in [0.25, 0.3) is 11.2 Å². The Kier molecular flexibility index (Phi) is 2.85. The molecule has 0 saturated heterocycles. The van der Waals surface area contributed by atoms with Crippen LogP contribution in [0, 0.1) is 0 Å². The van der Waals surface area contributed by atoms with Crippen LogP contribution in [0.5, 0.6) is 0 Å². The number of carbonyl (C=O) groups is 1. The van der Waals surface area contributed by atoms with Gasteiger partial charge in [0.2, 0.25) is 5.91 Å². The predicted molar refractivity (Wildman–Crippen MR) is 70.8 cm³/mol. The van der Waals surface area contributed by atoms with Crippen molar-refractivity contribution >= 4 is 17.1 Å². The molecule has 1 amide bonds. The normalized spacial score (nSPS) is 14.8. The van der Waals surface area contributed by atoms with E-state index in [0.29, 0.717) is 23.8 Å². The minimum Gasteiger partial charge on any atom is -0.352 e. The summed E-state index contributed by atoms with van der Waals surface area (Å²) in [6.07, 6.45) is 3.74. The van der Waals surface area contributed by atoms with Crippen LogP contribution in [0.15, 0.2) is 23.1 Å². The van der Waals surface area contributed by atoms with Gasteiger partial charge in [-0.15, -0.1) is 0 Å². The van der Waals surface area contributed by atoms with Crippen LogP contribution in [0.1, 0.15) is 19.8 Å². The van der Waals surface area contributed by atoms with Crippen molar-refractivity contribution in [3.05, 3.63) is 28.8 Å². The summed E-state index contributed by atoms with van der Waals surface area (Å²) in [6.45, 7) is 2.50. The first-order chi connectivity index (χ1) is 9.20. The number of fused-ring (bicyclic) bond motifs is 1. The summed E-state index contributed by atoms with van der Waals surface area (Å²) >= 11 is 0. The summed E-state index contributed by atoms with van der Waals surface area (Å²) in [5, 5.41) is 2.89. The molecule has 1 aliphatic carbocycles. The minimum atomic E-state index is -0.179. The van der Waals surface area contributed by atoms with Crippen molar-refractivity contribution < 1.29 is 4.79 Å². The van der Waals surface area contributed by atoms with Crippen molar-refractivity contribution in [1.29, 1.82) is 0 Å². The summed E-state index contributed by atoms with van der Waals surface area (Å²) < 4.78 is 3.07. The zero-order valence-corrected chi connectivity index (χ0v) is 10.8. The number of hydrogen-bond donors (Lipinski definition) is 1. The highest BCUT2D eigenvalue weighted by Gasteiger charge is 2.24. The fourth-order valence-corrected chi connectivity index (χ4v) is 2.23. The standard InChI is InChI=1S/C13H16N4O2/c1-2-16-12-10(4-3-7-14-12)17(13(16)19)8-11(18)15-9-5-6-9/h3-4,7,9H,2,5-6,8H2,1H3,(H,15,18). The minimum absolute atomic E-state index is 0.0600. The van der Waals surface area contributed by atoms with E-state index < -0.39 is 0 Å². The molecule has 2 aromatic rings. The second-order valence-electron chi connectivity index (χ2n) is 4.80. The van der Waals surface area contributed by atoms with Gasteiger partial charge in [0, 0.05) is 18.8 Å². The van der Waals surface area contributed by atoms with Gasteiger partial charge >= 0.3 is 5.69 Å². The highest BCUT2D eigenvalue weighted by Crippen LogP contribution is 2.18. The first-order valence-corrected chi connectivity index (χ1v) is 6.54. The van der Waals surface area contributed by atoms with E-state index in [0.717, 1.165) is 12.8 Å². The van der Waals surface area contributed by atoms with Gasteiger partial charge in [0.1, 0.15) is 6.54 Å². The lowest BCUT2D eigenvalue weighted by Crippen LogP contribution is -2.34. The molecule has 0 radical (unpaired) electrons. The van der Waals surface area contributed by atoms with Crippen molar-refractivity contribution in [2.75, 3.05) is 0 Å².